The summed E-state index contributed by atoms with van der Waals surface area (Å²) in [6.07, 6.45) is 2.32. The third-order valence-corrected chi connectivity index (χ3v) is 1.90. The van der Waals surface area contributed by atoms with Crippen LogP contribution in [0, 0.1) is 17.1 Å². The summed E-state index contributed by atoms with van der Waals surface area (Å²) in [4.78, 5) is 0. The average Bonchev–Trinajstić information content (AvgIpc) is 2.20. The Bertz CT molecular complexity index is 317. The minimum atomic E-state index is -0.229. The van der Waals surface area contributed by atoms with Crippen molar-refractivity contribution in [3.63, 3.8) is 0 Å². The molecule has 0 bridgehead atoms. The number of nitrogens with zero attached hydrogens (tertiary/aromatic N) is 1. The van der Waals surface area contributed by atoms with Crippen molar-refractivity contribution in [2.75, 3.05) is 11.9 Å². The predicted octanol–water partition coefficient (Wildman–Crippen LogP) is 2.93. The number of unbranched alkanes of at least 4 members (excludes halogenated alkanes) is 2. The number of anilines is 1. The molecule has 74 valence electrons. The molecule has 1 aromatic carbocycles. The standard InChI is InChI=1S/C11H13FN2/c12-10-6-2-3-7-11(10)14-9-5-1-4-8-13/h2-3,6-7,14H,1,4-5,9H2. The molecule has 1 N–H and O–H groups in total. The molecule has 0 heterocycles. The van der Waals surface area contributed by atoms with Crippen LogP contribution >= 0.6 is 0 Å². The molecule has 0 saturated carbocycles. The molecule has 0 spiro atoms. The van der Waals surface area contributed by atoms with E-state index in [0.717, 1.165) is 12.8 Å². The van der Waals surface area contributed by atoms with Gasteiger partial charge in [-0.3, -0.25) is 0 Å². The molecule has 0 aliphatic carbocycles. The number of hydrogen-bond donors (Lipinski definition) is 1. The molecule has 1 rings (SSSR count). The highest BCUT2D eigenvalue weighted by Gasteiger charge is 1.97. The van der Waals surface area contributed by atoms with Gasteiger partial charge in [0.15, 0.2) is 0 Å². The summed E-state index contributed by atoms with van der Waals surface area (Å²) < 4.78 is 13.1. The quantitative estimate of drug-likeness (QED) is 0.728. The zero-order valence-corrected chi connectivity index (χ0v) is 7.96. The summed E-state index contributed by atoms with van der Waals surface area (Å²) >= 11 is 0. The minimum Gasteiger partial charge on any atom is -0.383 e. The average molecular weight is 192 g/mol. The van der Waals surface area contributed by atoms with Gasteiger partial charge in [-0.2, -0.15) is 5.26 Å². The van der Waals surface area contributed by atoms with Crippen molar-refractivity contribution in [2.24, 2.45) is 0 Å². The molecule has 0 atom stereocenters. The number of rotatable bonds is 5. The van der Waals surface area contributed by atoms with E-state index in [1.165, 1.54) is 6.07 Å². The second-order valence-electron chi connectivity index (χ2n) is 3.02. The largest absolute Gasteiger partial charge is 0.383 e. The fraction of sp³-hybridized carbons (Fsp3) is 0.364. The molecule has 0 radical (unpaired) electrons. The zero-order valence-electron chi connectivity index (χ0n) is 7.96. The van der Waals surface area contributed by atoms with Crippen molar-refractivity contribution < 1.29 is 4.39 Å². The first-order chi connectivity index (χ1) is 6.84. The predicted molar refractivity (Wildman–Crippen MR) is 54.4 cm³/mol. The molecule has 0 unspecified atom stereocenters. The maximum absolute atomic E-state index is 13.1. The Hall–Kier alpha value is -1.56. The second-order valence-corrected chi connectivity index (χ2v) is 3.02. The number of halogens is 1. The van der Waals surface area contributed by atoms with Crippen LogP contribution in [0.5, 0.6) is 0 Å². The SMILES string of the molecule is N#CCCCCNc1ccccc1F. The van der Waals surface area contributed by atoms with Crippen molar-refractivity contribution in [1.29, 1.82) is 5.26 Å². The number of hydrogen-bond acceptors (Lipinski definition) is 2. The van der Waals surface area contributed by atoms with Crippen molar-refractivity contribution >= 4 is 5.69 Å². The van der Waals surface area contributed by atoms with E-state index < -0.39 is 0 Å². The van der Waals surface area contributed by atoms with Crippen molar-refractivity contribution in [1.82, 2.24) is 0 Å². The molecule has 0 aromatic heterocycles. The van der Waals surface area contributed by atoms with Crippen LogP contribution in [0.4, 0.5) is 10.1 Å². The Kier molecular flexibility index (Phi) is 4.49. The summed E-state index contributed by atoms with van der Waals surface area (Å²) in [6, 6.07) is 8.67. The Balaban J connectivity index is 2.25. The summed E-state index contributed by atoms with van der Waals surface area (Å²) in [5.41, 5.74) is 0.532. The van der Waals surface area contributed by atoms with E-state index in [0.29, 0.717) is 18.7 Å². The van der Waals surface area contributed by atoms with Gasteiger partial charge < -0.3 is 5.32 Å². The number of nitrogens with one attached hydrogen (secondary N) is 1. The van der Waals surface area contributed by atoms with Gasteiger partial charge in [-0.15, -0.1) is 0 Å². The van der Waals surface area contributed by atoms with Gasteiger partial charge in [-0.1, -0.05) is 12.1 Å². The second kappa shape index (κ2) is 5.98. The van der Waals surface area contributed by atoms with Gasteiger partial charge in [0.2, 0.25) is 0 Å². The molecule has 0 fully saturated rings. The fourth-order valence-corrected chi connectivity index (χ4v) is 1.16. The molecule has 3 heteroatoms. The minimum absolute atomic E-state index is 0.229. The Morgan fingerprint density at radius 1 is 1.29 bits per heavy atom. The lowest BCUT2D eigenvalue weighted by Gasteiger charge is -2.05. The Morgan fingerprint density at radius 2 is 2.07 bits per heavy atom. The number of benzene rings is 1. The van der Waals surface area contributed by atoms with Crippen LogP contribution in [0.1, 0.15) is 19.3 Å². The maximum Gasteiger partial charge on any atom is 0.146 e. The van der Waals surface area contributed by atoms with Gasteiger partial charge in [0, 0.05) is 13.0 Å². The highest BCUT2D eigenvalue weighted by Crippen LogP contribution is 2.12. The number of nitriles is 1. The van der Waals surface area contributed by atoms with Crippen molar-refractivity contribution in [2.45, 2.75) is 19.3 Å². The fourth-order valence-electron chi connectivity index (χ4n) is 1.16. The monoisotopic (exact) mass is 192 g/mol. The van der Waals surface area contributed by atoms with Crippen LogP contribution in [-0.2, 0) is 0 Å². The van der Waals surface area contributed by atoms with E-state index in [1.807, 2.05) is 0 Å². The smallest absolute Gasteiger partial charge is 0.146 e. The molecule has 0 aliphatic heterocycles. The lowest BCUT2D eigenvalue weighted by molar-refractivity contribution is 0.629. The molecular weight excluding hydrogens is 179 g/mol. The van der Waals surface area contributed by atoms with E-state index in [9.17, 15) is 4.39 Å². The summed E-state index contributed by atoms with van der Waals surface area (Å²) in [6.45, 7) is 0.711. The lowest BCUT2D eigenvalue weighted by atomic mass is 10.2. The first-order valence-electron chi connectivity index (χ1n) is 4.70. The third-order valence-electron chi connectivity index (χ3n) is 1.90. The van der Waals surface area contributed by atoms with Crippen LogP contribution in [-0.4, -0.2) is 6.54 Å². The van der Waals surface area contributed by atoms with Gasteiger partial charge >= 0.3 is 0 Å². The van der Waals surface area contributed by atoms with Crippen LogP contribution in [0.3, 0.4) is 0 Å². The van der Waals surface area contributed by atoms with E-state index in [-0.39, 0.29) is 5.82 Å². The van der Waals surface area contributed by atoms with Crippen LogP contribution in [0.2, 0.25) is 0 Å². The summed E-state index contributed by atoms with van der Waals surface area (Å²) in [7, 11) is 0. The molecule has 0 amide bonds. The van der Waals surface area contributed by atoms with Gasteiger partial charge in [0.1, 0.15) is 5.82 Å². The molecule has 0 aliphatic rings. The highest BCUT2D eigenvalue weighted by molar-refractivity contribution is 5.44. The Labute approximate surface area is 83.4 Å². The van der Waals surface area contributed by atoms with Gasteiger partial charge in [0.05, 0.1) is 11.8 Å². The molecule has 0 saturated heterocycles. The van der Waals surface area contributed by atoms with Crippen molar-refractivity contribution in [3.05, 3.63) is 30.1 Å². The van der Waals surface area contributed by atoms with Crippen LogP contribution in [0.25, 0.3) is 0 Å². The highest BCUT2D eigenvalue weighted by atomic mass is 19.1. The topological polar surface area (TPSA) is 35.8 Å². The third kappa shape index (κ3) is 3.44. The first kappa shape index (κ1) is 10.5. The normalized spacial score (nSPS) is 9.43. The lowest BCUT2D eigenvalue weighted by Crippen LogP contribution is -2.02. The molecule has 14 heavy (non-hydrogen) atoms. The van der Waals surface area contributed by atoms with E-state index in [4.69, 9.17) is 5.26 Å². The van der Waals surface area contributed by atoms with Crippen LogP contribution in [0.15, 0.2) is 24.3 Å². The number of para-hydroxylation sites is 1. The van der Waals surface area contributed by atoms with Gasteiger partial charge in [-0.25, -0.2) is 4.39 Å². The van der Waals surface area contributed by atoms with Gasteiger partial charge in [0.25, 0.3) is 0 Å². The van der Waals surface area contributed by atoms with E-state index >= 15 is 0 Å². The van der Waals surface area contributed by atoms with Gasteiger partial charge in [-0.05, 0) is 25.0 Å². The van der Waals surface area contributed by atoms with E-state index in [2.05, 4.69) is 11.4 Å². The van der Waals surface area contributed by atoms with Crippen molar-refractivity contribution in [3.8, 4) is 6.07 Å². The summed E-state index contributed by atoms with van der Waals surface area (Å²) in [5.74, 6) is -0.229. The first-order valence-corrected chi connectivity index (χ1v) is 4.70. The summed E-state index contributed by atoms with van der Waals surface area (Å²) in [5, 5.41) is 11.3. The van der Waals surface area contributed by atoms with Crippen LogP contribution < -0.4 is 5.32 Å². The van der Waals surface area contributed by atoms with E-state index in [1.54, 1.807) is 18.2 Å². The molecular formula is C11H13FN2. The maximum atomic E-state index is 13.1. The molecule has 2 nitrogen and oxygen atoms in total. The Morgan fingerprint density at radius 3 is 2.79 bits per heavy atom. The molecule has 1 aromatic rings. The zero-order chi connectivity index (χ0) is 10.2.